The second-order valence-electron chi connectivity index (χ2n) is 2.61. The van der Waals surface area contributed by atoms with Crippen molar-refractivity contribution in [1.82, 2.24) is 0 Å². The summed E-state index contributed by atoms with van der Waals surface area (Å²) in [6.45, 7) is 0.495. The molecule has 0 unspecified atom stereocenters. The van der Waals surface area contributed by atoms with E-state index in [1.54, 1.807) is 18.2 Å². The van der Waals surface area contributed by atoms with Crippen LogP contribution in [0.15, 0.2) is 18.2 Å². The maximum atomic E-state index is 8.79. The largest absolute Gasteiger partial charge is 0.382 e. The Balaban J connectivity index is 2.85. The molecule has 1 rings (SSSR count). The molecule has 0 atom stereocenters. The zero-order valence-corrected chi connectivity index (χ0v) is 8.17. The Morgan fingerprint density at radius 3 is 2.79 bits per heavy atom. The first kappa shape index (κ1) is 10.4. The Bertz CT molecular complexity index is 401. The molecule has 0 aliphatic carbocycles. The lowest BCUT2D eigenvalue weighted by molar-refractivity contribution is 1.07. The van der Waals surface area contributed by atoms with Crippen LogP contribution in [0, 0.1) is 22.7 Å². The standard InChI is InChI=1S/C10H8ClN3/c11-9-4-1-3-8(7-13)10(9)14-6-2-5-12/h1,3-4,14H,2,6H2. The number of rotatable bonds is 3. The summed E-state index contributed by atoms with van der Waals surface area (Å²) < 4.78 is 0. The van der Waals surface area contributed by atoms with Gasteiger partial charge in [0.05, 0.1) is 28.8 Å². The highest BCUT2D eigenvalue weighted by atomic mass is 35.5. The van der Waals surface area contributed by atoms with Gasteiger partial charge in [0.1, 0.15) is 6.07 Å². The van der Waals surface area contributed by atoms with Gasteiger partial charge in [0.2, 0.25) is 0 Å². The van der Waals surface area contributed by atoms with E-state index in [0.717, 1.165) is 0 Å². The lowest BCUT2D eigenvalue weighted by Gasteiger charge is -2.07. The Kier molecular flexibility index (Phi) is 3.79. The van der Waals surface area contributed by atoms with Crippen LogP contribution in [0.2, 0.25) is 5.02 Å². The highest BCUT2D eigenvalue weighted by molar-refractivity contribution is 6.33. The van der Waals surface area contributed by atoms with E-state index >= 15 is 0 Å². The van der Waals surface area contributed by atoms with Crippen LogP contribution >= 0.6 is 11.6 Å². The molecular formula is C10H8ClN3. The Morgan fingerprint density at radius 1 is 1.36 bits per heavy atom. The monoisotopic (exact) mass is 205 g/mol. The van der Waals surface area contributed by atoms with Gasteiger partial charge in [0, 0.05) is 6.54 Å². The summed E-state index contributed by atoms with van der Waals surface area (Å²) in [4.78, 5) is 0. The summed E-state index contributed by atoms with van der Waals surface area (Å²) in [5, 5.41) is 20.6. The van der Waals surface area contributed by atoms with E-state index in [2.05, 4.69) is 5.32 Å². The summed E-state index contributed by atoms with van der Waals surface area (Å²) in [6.07, 6.45) is 0.385. The van der Waals surface area contributed by atoms with Gasteiger partial charge < -0.3 is 5.32 Å². The second kappa shape index (κ2) is 5.11. The molecule has 0 radical (unpaired) electrons. The quantitative estimate of drug-likeness (QED) is 0.772. The van der Waals surface area contributed by atoms with Crippen molar-refractivity contribution in [3.8, 4) is 12.1 Å². The third kappa shape index (κ3) is 2.39. The molecule has 0 saturated heterocycles. The highest BCUT2D eigenvalue weighted by Gasteiger charge is 2.04. The third-order valence-corrected chi connectivity index (χ3v) is 1.99. The van der Waals surface area contributed by atoms with Crippen LogP contribution in [0.5, 0.6) is 0 Å². The molecule has 0 saturated carbocycles. The number of para-hydroxylation sites is 1. The topological polar surface area (TPSA) is 59.6 Å². The summed E-state index contributed by atoms with van der Waals surface area (Å²) in [6, 6.07) is 9.15. The van der Waals surface area contributed by atoms with Crippen molar-refractivity contribution in [2.75, 3.05) is 11.9 Å². The summed E-state index contributed by atoms with van der Waals surface area (Å²) in [5.41, 5.74) is 1.10. The molecule has 0 fully saturated rings. The molecule has 0 spiro atoms. The molecule has 4 heteroatoms. The van der Waals surface area contributed by atoms with Crippen molar-refractivity contribution < 1.29 is 0 Å². The van der Waals surface area contributed by atoms with E-state index in [-0.39, 0.29) is 0 Å². The highest BCUT2D eigenvalue weighted by Crippen LogP contribution is 2.25. The van der Waals surface area contributed by atoms with Crippen LogP contribution < -0.4 is 5.32 Å². The van der Waals surface area contributed by atoms with Gasteiger partial charge in [0.15, 0.2) is 0 Å². The van der Waals surface area contributed by atoms with Gasteiger partial charge in [-0.05, 0) is 12.1 Å². The number of nitriles is 2. The zero-order chi connectivity index (χ0) is 10.4. The lowest BCUT2D eigenvalue weighted by atomic mass is 10.2. The molecule has 0 bridgehead atoms. The Labute approximate surface area is 87.5 Å². The van der Waals surface area contributed by atoms with Crippen LogP contribution in [0.25, 0.3) is 0 Å². The molecule has 0 heterocycles. The van der Waals surface area contributed by atoms with Gasteiger partial charge in [0.25, 0.3) is 0 Å². The molecule has 14 heavy (non-hydrogen) atoms. The van der Waals surface area contributed by atoms with E-state index in [4.69, 9.17) is 22.1 Å². The minimum absolute atomic E-state index is 0.385. The van der Waals surface area contributed by atoms with E-state index in [9.17, 15) is 0 Å². The van der Waals surface area contributed by atoms with Crippen LogP contribution in [-0.4, -0.2) is 6.54 Å². The number of hydrogen-bond donors (Lipinski definition) is 1. The number of anilines is 1. The maximum Gasteiger partial charge on any atom is 0.101 e. The predicted octanol–water partition coefficient (Wildman–Crippen LogP) is 2.54. The molecule has 70 valence electrons. The number of hydrogen-bond acceptors (Lipinski definition) is 3. The van der Waals surface area contributed by atoms with Crippen LogP contribution in [0.1, 0.15) is 12.0 Å². The predicted molar refractivity (Wildman–Crippen MR) is 54.9 cm³/mol. The van der Waals surface area contributed by atoms with E-state index in [1.165, 1.54) is 0 Å². The molecule has 1 aromatic carbocycles. The fourth-order valence-corrected chi connectivity index (χ4v) is 1.28. The van der Waals surface area contributed by atoms with Crippen LogP contribution in [0.4, 0.5) is 5.69 Å². The minimum atomic E-state index is 0.385. The Hall–Kier alpha value is -1.71. The average molecular weight is 206 g/mol. The fraction of sp³-hybridized carbons (Fsp3) is 0.200. The molecule has 0 aliphatic rings. The first-order valence-electron chi connectivity index (χ1n) is 4.09. The number of benzene rings is 1. The number of nitrogens with zero attached hydrogens (tertiary/aromatic N) is 2. The third-order valence-electron chi connectivity index (χ3n) is 1.67. The van der Waals surface area contributed by atoms with E-state index in [0.29, 0.717) is 29.2 Å². The van der Waals surface area contributed by atoms with Crippen LogP contribution in [-0.2, 0) is 0 Å². The summed E-state index contributed by atoms with van der Waals surface area (Å²) in [5.74, 6) is 0. The van der Waals surface area contributed by atoms with Gasteiger partial charge in [-0.25, -0.2) is 0 Å². The molecule has 3 nitrogen and oxygen atoms in total. The Morgan fingerprint density at radius 2 is 2.14 bits per heavy atom. The summed E-state index contributed by atoms with van der Waals surface area (Å²) >= 11 is 5.89. The smallest absolute Gasteiger partial charge is 0.101 e. The molecule has 0 amide bonds. The molecule has 0 aliphatic heterocycles. The SMILES string of the molecule is N#CCCNc1c(Cl)cccc1C#N. The van der Waals surface area contributed by atoms with Crippen molar-refractivity contribution in [3.05, 3.63) is 28.8 Å². The minimum Gasteiger partial charge on any atom is -0.382 e. The summed E-state index contributed by atoms with van der Waals surface area (Å²) in [7, 11) is 0. The maximum absolute atomic E-state index is 8.79. The first-order valence-corrected chi connectivity index (χ1v) is 4.47. The van der Waals surface area contributed by atoms with E-state index < -0.39 is 0 Å². The van der Waals surface area contributed by atoms with Gasteiger partial charge >= 0.3 is 0 Å². The first-order chi connectivity index (χ1) is 6.79. The van der Waals surface area contributed by atoms with Gasteiger partial charge in [-0.15, -0.1) is 0 Å². The van der Waals surface area contributed by atoms with Crippen molar-refractivity contribution >= 4 is 17.3 Å². The van der Waals surface area contributed by atoms with E-state index in [1.807, 2.05) is 12.1 Å². The number of halogens is 1. The second-order valence-corrected chi connectivity index (χ2v) is 3.02. The van der Waals surface area contributed by atoms with Crippen molar-refractivity contribution in [2.24, 2.45) is 0 Å². The van der Waals surface area contributed by atoms with Crippen LogP contribution in [0.3, 0.4) is 0 Å². The molecule has 0 aromatic heterocycles. The van der Waals surface area contributed by atoms with Crippen molar-refractivity contribution in [1.29, 1.82) is 10.5 Å². The normalized spacial score (nSPS) is 8.79. The number of nitrogens with one attached hydrogen (secondary N) is 1. The lowest BCUT2D eigenvalue weighted by Crippen LogP contribution is -2.02. The zero-order valence-electron chi connectivity index (χ0n) is 7.42. The van der Waals surface area contributed by atoms with Crippen molar-refractivity contribution in [3.63, 3.8) is 0 Å². The van der Waals surface area contributed by atoms with Gasteiger partial charge in [-0.2, -0.15) is 10.5 Å². The molecule has 1 N–H and O–H groups in total. The molecular weight excluding hydrogens is 198 g/mol. The average Bonchev–Trinajstić information content (AvgIpc) is 2.20. The van der Waals surface area contributed by atoms with Gasteiger partial charge in [-0.1, -0.05) is 17.7 Å². The fourth-order valence-electron chi connectivity index (χ4n) is 1.04. The van der Waals surface area contributed by atoms with Crippen molar-refractivity contribution in [2.45, 2.75) is 6.42 Å². The van der Waals surface area contributed by atoms with Gasteiger partial charge in [-0.3, -0.25) is 0 Å². The molecule has 1 aromatic rings.